The van der Waals surface area contributed by atoms with Gasteiger partial charge < -0.3 is 20.7 Å². The normalized spacial score (nSPS) is 10.6. The largest absolute Gasteiger partial charge is 1.00 e. The summed E-state index contributed by atoms with van der Waals surface area (Å²) in [4.78, 5) is 0. The topological polar surface area (TPSA) is 52.0 Å². The predicted molar refractivity (Wildman–Crippen MR) is 97.5 cm³/mol. The molecular weight excluding hydrogens is 277 g/mol. The second kappa shape index (κ2) is 20.8. The smallest absolute Gasteiger partial charge is 0.0786 e. The fourth-order valence-electron chi connectivity index (χ4n) is 2.64. The zero-order valence-corrected chi connectivity index (χ0v) is 15.9. The molecule has 0 aliphatic rings. The van der Waals surface area contributed by atoms with Crippen LogP contribution in [0.5, 0.6) is 0 Å². The van der Waals surface area contributed by atoms with Crippen LogP contribution in [0.4, 0.5) is 0 Å². The van der Waals surface area contributed by atoms with Gasteiger partial charge in [0.2, 0.25) is 0 Å². The summed E-state index contributed by atoms with van der Waals surface area (Å²) in [5.74, 6) is 0. The van der Waals surface area contributed by atoms with E-state index in [9.17, 15) is 0 Å². The average molecular weight is 322 g/mol. The predicted octanol–water partition coefficient (Wildman–Crippen LogP) is 0.911. The molecule has 0 aromatic carbocycles. The maximum absolute atomic E-state index is 4.90. The summed E-state index contributed by atoms with van der Waals surface area (Å²) >= 11 is 0. The van der Waals surface area contributed by atoms with Gasteiger partial charge in [0.15, 0.2) is 0 Å². The monoisotopic (exact) mass is 321 g/mol. The molecule has 0 aliphatic carbocycles. The number of quaternary nitrogens is 1. The molecular formula is C18H44FN3. The molecule has 3 nitrogen and oxygen atoms in total. The number of rotatable bonds is 13. The minimum absolute atomic E-state index is 0. The summed E-state index contributed by atoms with van der Waals surface area (Å²) in [5.41, 5.74) is 9.81. The van der Waals surface area contributed by atoms with Crippen molar-refractivity contribution in [3.05, 3.63) is 0 Å². The molecule has 0 aromatic rings. The molecule has 0 spiro atoms. The molecule has 0 saturated heterocycles. The lowest BCUT2D eigenvalue weighted by Crippen LogP contribution is -3.00. The number of nitrogens with two attached hydrogens (primary N) is 2. The van der Waals surface area contributed by atoms with E-state index in [1.165, 1.54) is 82.0 Å². The van der Waals surface area contributed by atoms with Crippen LogP contribution in [0.2, 0.25) is 0 Å². The van der Waals surface area contributed by atoms with Crippen LogP contribution in [0.15, 0.2) is 0 Å². The van der Waals surface area contributed by atoms with Crippen molar-refractivity contribution in [3.8, 4) is 0 Å². The van der Waals surface area contributed by atoms with Crippen LogP contribution >= 0.6 is 0 Å². The Morgan fingerprint density at radius 3 is 0.909 bits per heavy atom. The van der Waals surface area contributed by atoms with Gasteiger partial charge in [-0.15, -0.1) is 0 Å². The first-order valence-corrected chi connectivity index (χ1v) is 9.41. The lowest BCUT2D eigenvalue weighted by molar-refractivity contribution is -0.929. The first-order chi connectivity index (χ1) is 10.2. The third-order valence-corrected chi connectivity index (χ3v) is 4.11. The Hall–Kier alpha value is -0.190. The van der Waals surface area contributed by atoms with E-state index in [2.05, 4.69) is 27.7 Å². The van der Waals surface area contributed by atoms with Crippen LogP contribution in [-0.4, -0.2) is 43.8 Å². The van der Waals surface area contributed by atoms with Crippen molar-refractivity contribution < 1.29 is 9.19 Å². The second-order valence-electron chi connectivity index (χ2n) is 6.23. The molecule has 0 unspecified atom stereocenters. The van der Waals surface area contributed by atoms with Crippen molar-refractivity contribution in [3.63, 3.8) is 0 Å². The van der Waals surface area contributed by atoms with Crippen LogP contribution in [0.3, 0.4) is 0 Å². The minimum atomic E-state index is 0. The maximum Gasteiger partial charge on any atom is 0.0786 e. The van der Waals surface area contributed by atoms with E-state index in [1.807, 2.05) is 0 Å². The Morgan fingerprint density at radius 2 is 0.773 bits per heavy atom. The van der Waals surface area contributed by atoms with Crippen molar-refractivity contribution in [1.82, 2.24) is 0 Å². The molecule has 0 aromatic heterocycles. The Bertz CT molecular complexity index is 150. The van der Waals surface area contributed by atoms with Crippen LogP contribution < -0.4 is 16.2 Å². The Balaban J connectivity index is -0.000000640. The summed E-state index contributed by atoms with van der Waals surface area (Å²) < 4.78 is 1.42. The zero-order chi connectivity index (χ0) is 16.4. The standard InChI is InChI=1S/C16H36N.C2H8N2.FH/c1-5-9-13-17(14-10-6-2,15-11-7-3)16-12-8-4;3-1-2-4;/h5-16H2,1-4H3;1-4H2;1H/q+1;;/p-1. The third-order valence-electron chi connectivity index (χ3n) is 4.11. The van der Waals surface area contributed by atoms with Gasteiger partial charge in [-0.2, -0.15) is 0 Å². The van der Waals surface area contributed by atoms with Gasteiger partial charge in [-0.25, -0.2) is 0 Å². The van der Waals surface area contributed by atoms with Crippen LogP contribution in [0.1, 0.15) is 79.1 Å². The van der Waals surface area contributed by atoms with Crippen LogP contribution in [0.25, 0.3) is 0 Å². The summed E-state index contributed by atoms with van der Waals surface area (Å²) in [7, 11) is 0. The quantitative estimate of drug-likeness (QED) is 0.496. The minimum Gasteiger partial charge on any atom is -1.00 e. The highest BCUT2D eigenvalue weighted by Gasteiger charge is 2.24. The summed E-state index contributed by atoms with van der Waals surface area (Å²) in [6.07, 6.45) is 11.1. The summed E-state index contributed by atoms with van der Waals surface area (Å²) in [5, 5.41) is 0. The summed E-state index contributed by atoms with van der Waals surface area (Å²) in [6.45, 7) is 16.2. The van der Waals surface area contributed by atoms with Crippen molar-refractivity contribution in [2.24, 2.45) is 11.5 Å². The SMILES string of the molecule is CCCC[N+](CCCC)(CCCC)CCCC.NCCN.[F-]. The highest BCUT2D eigenvalue weighted by atomic mass is 19.0. The number of halogens is 1. The first-order valence-electron chi connectivity index (χ1n) is 9.41. The number of hydrogen-bond donors (Lipinski definition) is 2. The van der Waals surface area contributed by atoms with Crippen molar-refractivity contribution in [1.29, 1.82) is 0 Å². The van der Waals surface area contributed by atoms with E-state index in [0.717, 1.165) is 0 Å². The highest BCUT2D eigenvalue weighted by molar-refractivity contribution is 4.49. The number of hydrogen-bond acceptors (Lipinski definition) is 2. The van der Waals surface area contributed by atoms with Gasteiger partial charge in [0.1, 0.15) is 0 Å². The van der Waals surface area contributed by atoms with Gasteiger partial charge in [0.25, 0.3) is 0 Å². The first kappa shape index (κ1) is 26.7. The molecule has 0 aliphatic heterocycles. The lowest BCUT2D eigenvalue weighted by atomic mass is 10.1. The van der Waals surface area contributed by atoms with Gasteiger partial charge in [-0.05, 0) is 25.7 Å². The van der Waals surface area contributed by atoms with E-state index in [0.29, 0.717) is 13.1 Å². The van der Waals surface area contributed by atoms with Gasteiger partial charge in [0, 0.05) is 13.1 Å². The maximum atomic E-state index is 4.90. The molecule has 4 N–H and O–H groups in total. The van der Waals surface area contributed by atoms with E-state index < -0.39 is 0 Å². The van der Waals surface area contributed by atoms with E-state index in [-0.39, 0.29) is 4.70 Å². The highest BCUT2D eigenvalue weighted by Crippen LogP contribution is 2.16. The molecule has 0 saturated carbocycles. The Kier molecular flexibility index (Phi) is 25.3. The second-order valence-corrected chi connectivity index (χ2v) is 6.23. The van der Waals surface area contributed by atoms with Crippen molar-refractivity contribution in [2.45, 2.75) is 79.1 Å². The van der Waals surface area contributed by atoms with Gasteiger partial charge >= 0.3 is 0 Å². The molecule has 0 heterocycles. The van der Waals surface area contributed by atoms with Gasteiger partial charge in [-0.1, -0.05) is 53.4 Å². The summed E-state index contributed by atoms with van der Waals surface area (Å²) in [6, 6.07) is 0. The molecule has 0 radical (unpaired) electrons. The molecule has 22 heavy (non-hydrogen) atoms. The molecule has 0 rings (SSSR count). The van der Waals surface area contributed by atoms with Gasteiger partial charge in [0.05, 0.1) is 26.2 Å². The average Bonchev–Trinajstić information content (AvgIpc) is 2.53. The van der Waals surface area contributed by atoms with Crippen molar-refractivity contribution in [2.75, 3.05) is 39.3 Å². The fourth-order valence-corrected chi connectivity index (χ4v) is 2.64. The lowest BCUT2D eigenvalue weighted by Gasteiger charge is -2.39. The van der Waals surface area contributed by atoms with Gasteiger partial charge in [-0.3, -0.25) is 0 Å². The molecule has 0 fully saturated rings. The Morgan fingerprint density at radius 1 is 0.545 bits per heavy atom. The zero-order valence-electron chi connectivity index (χ0n) is 15.9. The van der Waals surface area contributed by atoms with Crippen LogP contribution in [-0.2, 0) is 0 Å². The number of unbranched alkanes of at least 4 members (excludes halogenated alkanes) is 4. The van der Waals surface area contributed by atoms with E-state index in [4.69, 9.17) is 11.5 Å². The van der Waals surface area contributed by atoms with Crippen LogP contribution in [0, 0.1) is 0 Å². The molecule has 0 amide bonds. The molecule has 4 heteroatoms. The third kappa shape index (κ3) is 16.2. The van der Waals surface area contributed by atoms with E-state index in [1.54, 1.807) is 0 Å². The van der Waals surface area contributed by atoms with Crippen molar-refractivity contribution >= 4 is 0 Å². The molecule has 0 bridgehead atoms. The molecule has 138 valence electrons. The fraction of sp³-hybridized carbons (Fsp3) is 1.00. The molecule has 0 atom stereocenters. The Labute approximate surface area is 139 Å². The number of nitrogens with zero attached hydrogens (tertiary/aromatic N) is 1. The van der Waals surface area contributed by atoms with E-state index >= 15 is 0 Å².